The molecule has 0 heterocycles. The lowest BCUT2D eigenvalue weighted by molar-refractivity contribution is -0.126. The average Bonchev–Trinajstić information content (AvgIpc) is 2.89. The van der Waals surface area contributed by atoms with Crippen LogP contribution in [0.4, 0.5) is 0 Å². The lowest BCUT2D eigenvalue weighted by Crippen LogP contribution is -2.51. The number of carbonyl (C=O) groups is 2. The second kappa shape index (κ2) is 20.6. The van der Waals surface area contributed by atoms with Crippen molar-refractivity contribution in [1.82, 2.24) is 26.2 Å². The van der Waals surface area contributed by atoms with E-state index in [1.165, 1.54) is 0 Å². The topological polar surface area (TPSA) is 169 Å². The fourth-order valence-electron chi connectivity index (χ4n) is 3.28. The molecular formula is C26H53N7O6. The minimum atomic E-state index is -0.459. The van der Waals surface area contributed by atoms with Crippen LogP contribution in [0.3, 0.4) is 0 Å². The molecule has 0 atom stereocenters. The van der Waals surface area contributed by atoms with Crippen molar-refractivity contribution in [3.63, 3.8) is 0 Å². The van der Waals surface area contributed by atoms with Crippen LogP contribution in [0.5, 0.6) is 0 Å². The third-order valence-electron chi connectivity index (χ3n) is 6.57. The number of amides is 2. The number of carbonyl (C=O) groups excluding carboxylic acids is 2. The Labute approximate surface area is 234 Å². The van der Waals surface area contributed by atoms with Crippen LogP contribution in [0.1, 0.15) is 61.3 Å². The van der Waals surface area contributed by atoms with Crippen LogP contribution in [-0.4, -0.2) is 122 Å². The minimum Gasteiger partial charge on any atom is -0.411 e. The maximum absolute atomic E-state index is 12.3. The molecule has 0 radical (unpaired) electrons. The predicted octanol–water partition coefficient (Wildman–Crippen LogP) is 0.791. The SMILES string of the molecule is CCOCCOCCNC(=O)CCC(=O)NCCN(CCNC(C)(C)/C(C)=N\O)CCNC(C)(C)/C(C)=N\O. The van der Waals surface area contributed by atoms with Crippen molar-refractivity contribution in [2.45, 2.75) is 72.4 Å². The van der Waals surface area contributed by atoms with Crippen molar-refractivity contribution in [3.05, 3.63) is 0 Å². The van der Waals surface area contributed by atoms with Crippen molar-refractivity contribution < 1.29 is 29.5 Å². The van der Waals surface area contributed by atoms with Gasteiger partial charge in [0.15, 0.2) is 0 Å². The van der Waals surface area contributed by atoms with Gasteiger partial charge < -0.3 is 41.2 Å². The van der Waals surface area contributed by atoms with Crippen molar-refractivity contribution in [2.75, 3.05) is 72.2 Å². The predicted molar refractivity (Wildman–Crippen MR) is 153 cm³/mol. The van der Waals surface area contributed by atoms with Gasteiger partial charge in [-0.3, -0.25) is 14.5 Å². The molecule has 0 spiro atoms. The summed E-state index contributed by atoms with van der Waals surface area (Å²) in [5.74, 6) is -0.368. The van der Waals surface area contributed by atoms with Crippen molar-refractivity contribution in [1.29, 1.82) is 0 Å². The molecule has 0 aromatic heterocycles. The van der Waals surface area contributed by atoms with Crippen molar-refractivity contribution in [3.8, 4) is 0 Å². The van der Waals surface area contributed by atoms with Gasteiger partial charge in [-0.05, 0) is 48.5 Å². The first-order chi connectivity index (χ1) is 18.4. The quantitative estimate of drug-likeness (QED) is 0.0459. The summed E-state index contributed by atoms with van der Waals surface area (Å²) in [4.78, 5) is 26.4. The molecule has 0 bridgehead atoms. The van der Waals surface area contributed by atoms with Crippen LogP contribution >= 0.6 is 0 Å². The second-order valence-electron chi connectivity index (χ2n) is 10.3. The fourth-order valence-corrected chi connectivity index (χ4v) is 3.28. The van der Waals surface area contributed by atoms with E-state index in [1.54, 1.807) is 13.8 Å². The molecule has 0 aliphatic carbocycles. The van der Waals surface area contributed by atoms with E-state index in [1.807, 2.05) is 34.6 Å². The highest BCUT2D eigenvalue weighted by Gasteiger charge is 2.23. The highest BCUT2D eigenvalue weighted by atomic mass is 16.5. The lowest BCUT2D eigenvalue weighted by Gasteiger charge is -2.30. The van der Waals surface area contributed by atoms with E-state index in [0.717, 1.165) is 0 Å². The summed E-state index contributed by atoms with van der Waals surface area (Å²) in [5.41, 5.74) is 0.253. The Bertz CT molecular complexity index is 723. The summed E-state index contributed by atoms with van der Waals surface area (Å²) in [6, 6.07) is 0. The monoisotopic (exact) mass is 559 g/mol. The largest absolute Gasteiger partial charge is 0.411 e. The maximum atomic E-state index is 12.3. The van der Waals surface area contributed by atoms with Crippen LogP contribution < -0.4 is 21.3 Å². The van der Waals surface area contributed by atoms with Crippen molar-refractivity contribution in [2.24, 2.45) is 10.3 Å². The second-order valence-corrected chi connectivity index (χ2v) is 10.3. The van der Waals surface area contributed by atoms with Gasteiger partial charge in [0.05, 0.1) is 42.3 Å². The van der Waals surface area contributed by atoms with Crippen LogP contribution in [0.25, 0.3) is 0 Å². The highest BCUT2D eigenvalue weighted by Crippen LogP contribution is 2.06. The molecule has 0 unspecified atom stereocenters. The standard InChI is InChI=1S/C26H53N7O6/c1-8-38-19-20-39-18-14-28-24(35)10-9-23(34)27-11-15-33(16-12-29-25(4,5)21(2)31-36)17-13-30-26(6,7)22(3)32-37/h29-30,36-37H,8-20H2,1-7H3,(H,27,34)(H,28,35)/b31-21-,32-22-. The first kappa shape index (κ1) is 36.7. The molecule has 0 fully saturated rings. The Morgan fingerprint density at radius 1 is 0.718 bits per heavy atom. The molecule has 0 saturated heterocycles. The molecule has 0 aliphatic rings. The van der Waals surface area contributed by atoms with Crippen LogP contribution in [0.2, 0.25) is 0 Å². The fraction of sp³-hybridized carbons (Fsp3) is 0.846. The molecule has 0 aromatic carbocycles. The number of rotatable bonds is 23. The zero-order chi connectivity index (χ0) is 29.7. The summed E-state index contributed by atoms with van der Waals surface area (Å²) in [5, 5.41) is 37.2. The van der Waals surface area contributed by atoms with Gasteiger partial charge in [-0.2, -0.15) is 0 Å². The summed E-state index contributed by atoms with van der Waals surface area (Å²) in [7, 11) is 0. The normalized spacial score (nSPS) is 13.1. The van der Waals surface area contributed by atoms with Gasteiger partial charge in [0.1, 0.15) is 0 Å². The highest BCUT2D eigenvalue weighted by molar-refractivity contribution is 5.90. The molecule has 0 rings (SSSR count). The van der Waals surface area contributed by atoms with Crippen LogP contribution in [0.15, 0.2) is 10.3 Å². The van der Waals surface area contributed by atoms with Crippen LogP contribution in [0, 0.1) is 0 Å². The minimum absolute atomic E-state index is 0.113. The molecule has 0 aromatic rings. The van der Waals surface area contributed by atoms with Gasteiger partial charge in [-0.1, -0.05) is 10.3 Å². The summed E-state index contributed by atoms with van der Waals surface area (Å²) >= 11 is 0. The zero-order valence-corrected chi connectivity index (χ0v) is 25.1. The molecular weight excluding hydrogens is 506 g/mol. The van der Waals surface area contributed by atoms with Gasteiger partial charge in [0.2, 0.25) is 11.8 Å². The third-order valence-corrected chi connectivity index (χ3v) is 6.57. The number of oxime groups is 2. The molecule has 2 amide bonds. The number of nitrogens with zero attached hydrogens (tertiary/aromatic N) is 3. The molecule has 6 N–H and O–H groups in total. The van der Waals surface area contributed by atoms with Gasteiger partial charge in [0.25, 0.3) is 0 Å². The number of hydrogen-bond donors (Lipinski definition) is 6. The van der Waals surface area contributed by atoms with Gasteiger partial charge in [-0.15, -0.1) is 0 Å². The summed E-state index contributed by atoms with van der Waals surface area (Å²) in [6.07, 6.45) is 0.228. The lowest BCUT2D eigenvalue weighted by atomic mass is 9.99. The summed E-state index contributed by atoms with van der Waals surface area (Å²) in [6.45, 7) is 19.4. The van der Waals surface area contributed by atoms with Crippen LogP contribution in [-0.2, 0) is 19.1 Å². The van der Waals surface area contributed by atoms with Crippen molar-refractivity contribution >= 4 is 23.2 Å². The Morgan fingerprint density at radius 3 is 1.62 bits per heavy atom. The van der Waals surface area contributed by atoms with Gasteiger partial charge in [0, 0.05) is 65.3 Å². The zero-order valence-electron chi connectivity index (χ0n) is 25.1. The van der Waals surface area contributed by atoms with Gasteiger partial charge >= 0.3 is 0 Å². The molecule has 13 nitrogen and oxygen atoms in total. The van der Waals surface area contributed by atoms with E-state index < -0.39 is 11.1 Å². The number of ether oxygens (including phenoxy) is 2. The van der Waals surface area contributed by atoms with E-state index in [4.69, 9.17) is 19.9 Å². The average molecular weight is 560 g/mol. The van der Waals surface area contributed by atoms with E-state index >= 15 is 0 Å². The Hall–Kier alpha value is -2.32. The Morgan fingerprint density at radius 2 is 1.15 bits per heavy atom. The molecule has 228 valence electrons. The van der Waals surface area contributed by atoms with E-state index in [-0.39, 0.29) is 24.7 Å². The Kier molecular flexibility index (Phi) is 19.3. The molecule has 0 saturated carbocycles. The smallest absolute Gasteiger partial charge is 0.220 e. The Balaban J connectivity index is 4.54. The number of nitrogens with one attached hydrogen (secondary N) is 4. The van der Waals surface area contributed by atoms with E-state index in [2.05, 4.69) is 36.5 Å². The van der Waals surface area contributed by atoms with Gasteiger partial charge in [-0.25, -0.2) is 0 Å². The molecule has 39 heavy (non-hydrogen) atoms. The summed E-state index contributed by atoms with van der Waals surface area (Å²) < 4.78 is 10.5. The van der Waals surface area contributed by atoms with E-state index in [0.29, 0.717) is 83.7 Å². The van der Waals surface area contributed by atoms with E-state index in [9.17, 15) is 9.59 Å². The first-order valence-electron chi connectivity index (χ1n) is 13.7. The first-order valence-corrected chi connectivity index (χ1v) is 13.7. The maximum Gasteiger partial charge on any atom is 0.220 e. The number of hydrogen-bond acceptors (Lipinski definition) is 11. The third kappa shape index (κ3) is 17.8. The molecule has 13 heteroatoms. The molecule has 0 aliphatic heterocycles.